The van der Waals surface area contributed by atoms with E-state index in [0.717, 1.165) is 4.47 Å². The monoisotopic (exact) mass is 405 g/mol. The second kappa shape index (κ2) is 8.41. The smallest absolute Gasteiger partial charge is 0.195 e. The number of nitrogens with one attached hydrogen (secondary N) is 1. The summed E-state index contributed by atoms with van der Waals surface area (Å²) in [6.45, 7) is 0. The van der Waals surface area contributed by atoms with Gasteiger partial charge in [0.1, 0.15) is 0 Å². The normalized spacial score (nSPS) is 10.7. The highest BCUT2D eigenvalue weighted by atomic mass is 79.9. The maximum Gasteiger partial charge on any atom is 0.195 e. The Bertz CT molecular complexity index is 947. The van der Waals surface area contributed by atoms with Gasteiger partial charge in [-0.1, -0.05) is 58.4 Å². The third kappa shape index (κ3) is 4.35. The van der Waals surface area contributed by atoms with E-state index in [-0.39, 0.29) is 11.6 Å². The molecule has 0 unspecified atom stereocenters. The van der Waals surface area contributed by atoms with E-state index in [1.54, 1.807) is 36.5 Å². The quantitative estimate of drug-likeness (QED) is 0.435. The highest BCUT2D eigenvalue weighted by Gasteiger charge is 2.12. The van der Waals surface area contributed by atoms with Crippen molar-refractivity contribution in [3.63, 3.8) is 0 Å². The fraction of sp³-hybridized carbons (Fsp3) is 0. The highest BCUT2D eigenvalue weighted by Crippen LogP contribution is 2.19. The molecule has 3 rings (SSSR count). The first-order valence-electron chi connectivity index (χ1n) is 8.07. The number of ketones is 2. The Morgan fingerprint density at radius 1 is 0.769 bits per heavy atom. The summed E-state index contributed by atoms with van der Waals surface area (Å²) in [4.78, 5) is 24.9. The fourth-order valence-electron chi connectivity index (χ4n) is 2.47. The van der Waals surface area contributed by atoms with E-state index in [1.807, 2.05) is 48.5 Å². The van der Waals surface area contributed by atoms with Crippen molar-refractivity contribution in [3.8, 4) is 0 Å². The Morgan fingerprint density at radius 3 is 2.15 bits per heavy atom. The summed E-state index contributed by atoms with van der Waals surface area (Å²) in [6.07, 6.45) is 3.01. The van der Waals surface area contributed by atoms with Crippen LogP contribution in [0, 0.1) is 0 Å². The lowest BCUT2D eigenvalue weighted by Gasteiger charge is -2.08. The van der Waals surface area contributed by atoms with Crippen LogP contribution in [0.15, 0.2) is 95.6 Å². The number of benzene rings is 3. The van der Waals surface area contributed by atoms with Gasteiger partial charge in [-0.2, -0.15) is 0 Å². The lowest BCUT2D eigenvalue weighted by molar-refractivity contribution is 0.103. The maximum atomic E-state index is 12.7. The minimum Gasteiger partial charge on any atom is -0.361 e. The van der Waals surface area contributed by atoms with Crippen molar-refractivity contribution in [2.75, 3.05) is 5.32 Å². The minimum absolute atomic E-state index is 0.0682. The van der Waals surface area contributed by atoms with Crippen LogP contribution in [0.3, 0.4) is 0 Å². The van der Waals surface area contributed by atoms with E-state index in [1.165, 1.54) is 6.08 Å². The zero-order valence-corrected chi connectivity index (χ0v) is 15.4. The molecule has 0 amide bonds. The highest BCUT2D eigenvalue weighted by molar-refractivity contribution is 9.10. The molecule has 0 aliphatic carbocycles. The largest absolute Gasteiger partial charge is 0.361 e. The van der Waals surface area contributed by atoms with Crippen LogP contribution < -0.4 is 5.32 Å². The van der Waals surface area contributed by atoms with Gasteiger partial charge in [-0.25, -0.2) is 0 Å². The number of hydrogen-bond acceptors (Lipinski definition) is 3. The van der Waals surface area contributed by atoms with Crippen molar-refractivity contribution < 1.29 is 9.59 Å². The molecule has 0 spiro atoms. The van der Waals surface area contributed by atoms with Crippen LogP contribution >= 0.6 is 15.9 Å². The number of rotatable bonds is 6. The van der Waals surface area contributed by atoms with Crippen LogP contribution in [0.25, 0.3) is 0 Å². The molecular weight excluding hydrogens is 390 g/mol. The van der Waals surface area contributed by atoms with Crippen LogP contribution in [0.2, 0.25) is 0 Å². The number of halogens is 1. The summed E-state index contributed by atoms with van der Waals surface area (Å²) in [5.41, 5.74) is 2.43. The first-order chi connectivity index (χ1) is 12.6. The fourth-order valence-corrected chi connectivity index (χ4v) is 2.73. The molecule has 0 aliphatic rings. The van der Waals surface area contributed by atoms with Gasteiger partial charge in [-0.05, 0) is 36.4 Å². The zero-order chi connectivity index (χ0) is 18.4. The number of anilines is 1. The molecule has 0 atom stereocenters. The molecule has 0 radical (unpaired) electrons. The topological polar surface area (TPSA) is 46.2 Å². The number of para-hydroxylation sites is 1. The summed E-state index contributed by atoms with van der Waals surface area (Å²) < 4.78 is 0.921. The molecule has 0 aromatic heterocycles. The predicted octanol–water partition coefficient (Wildman–Crippen LogP) is 5.49. The number of hydrogen-bond donors (Lipinski definition) is 1. The van der Waals surface area contributed by atoms with E-state index in [2.05, 4.69) is 21.2 Å². The van der Waals surface area contributed by atoms with Gasteiger partial charge < -0.3 is 5.32 Å². The van der Waals surface area contributed by atoms with Crippen molar-refractivity contribution >= 4 is 33.2 Å². The number of allylic oxidation sites excluding steroid dienone is 1. The number of carbonyl (C=O) groups is 2. The van der Waals surface area contributed by atoms with Gasteiger partial charge in [0.15, 0.2) is 11.6 Å². The average molecular weight is 406 g/mol. The Balaban J connectivity index is 1.75. The van der Waals surface area contributed by atoms with Crippen LogP contribution in [0.1, 0.15) is 26.3 Å². The average Bonchev–Trinajstić information content (AvgIpc) is 2.69. The standard InChI is InChI=1S/C22H16BrNO2/c23-18-12-10-16(11-13-18)21(25)14-15-24-20-9-5-4-8-19(20)22(26)17-6-2-1-3-7-17/h1-15,24H/b15-14+. The van der Waals surface area contributed by atoms with Crippen molar-refractivity contribution in [2.24, 2.45) is 0 Å². The molecule has 4 heteroatoms. The molecule has 3 nitrogen and oxygen atoms in total. The second-order valence-electron chi connectivity index (χ2n) is 5.59. The molecule has 3 aromatic carbocycles. The SMILES string of the molecule is O=C(/C=C/Nc1ccccc1C(=O)c1ccccc1)c1ccc(Br)cc1. The van der Waals surface area contributed by atoms with Gasteiger partial charge in [0.25, 0.3) is 0 Å². The molecule has 3 aromatic rings. The Labute approximate surface area is 160 Å². The van der Waals surface area contributed by atoms with Gasteiger partial charge in [0.05, 0.1) is 0 Å². The van der Waals surface area contributed by atoms with Crippen LogP contribution in [0.5, 0.6) is 0 Å². The van der Waals surface area contributed by atoms with Crippen molar-refractivity contribution in [1.82, 2.24) is 0 Å². The lowest BCUT2D eigenvalue weighted by Crippen LogP contribution is -2.05. The summed E-state index contributed by atoms with van der Waals surface area (Å²) in [5, 5.41) is 3.04. The van der Waals surface area contributed by atoms with Crippen LogP contribution in [-0.2, 0) is 0 Å². The molecule has 26 heavy (non-hydrogen) atoms. The van der Waals surface area contributed by atoms with Crippen LogP contribution in [-0.4, -0.2) is 11.6 Å². The van der Waals surface area contributed by atoms with Crippen molar-refractivity contribution in [3.05, 3.63) is 112 Å². The third-order valence-electron chi connectivity index (χ3n) is 3.81. The molecule has 0 saturated carbocycles. The van der Waals surface area contributed by atoms with Crippen molar-refractivity contribution in [2.45, 2.75) is 0 Å². The molecule has 0 aliphatic heterocycles. The van der Waals surface area contributed by atoms with E-state index in [4.69, 9.17) is 0 Å². The predicted molar refractivity (Wildman–Crippen MR) is 108 cm³/mol. The molecule has 0 saturated heterocycles. The Morgan fingerprint density at radius 2 is 1.42 bits per heavy atom. The summed E-state index contributed by atoms with van der Waals surface area (Å²) >= 11 is 3.34. The van der Waals surface area contributed by atoms with E-state index < -0.39 is 0 Å². The minimum atomic E-state index is -0.114. The third-order valence-corrected chi connectivity index (χ3v) is 4.34. The first kappa shape index (κ1) is 17.8. The van der Waals surface area contributed by atoms with Gasteiger partial charge in [0.2, 0.25) is 0 Å². The molecule has 0 heterocycles. The van der Waals surface area contributed by atoms with E-state index >= 15 is 0 Å². The van der Waals surface area contributed by atoms with Gasteiger partial charge in [0, 0.05) is 39.1 Å². The van der Waals surface area contributed by atoms with E-state index in [9.17, 15) is 9.59 Å². The molecule has 0 bridgehead atoms. The summed E-state index contributed by atoms with van der Waals surface area (Å²) in [5.74, 6) is -0.182. The van der Waals surface area contributed by atoms with Gasteiger partial charge in [-0.15, -0.1) is 0 Å². The first-order valence-corrected chi connectivity index (χ1v) is 8.86. The Hall–Kier alpha value is -2.98. The van der Waals surface area contributed by atoms with Crippen molar-refractivity contribution in [1.29, 1.82) is 0 Å². The molecular formula is C22H16BrNO2. The zero-order valence-electron chi connectivity index (χ0n) is 13.9. The maximum absolute atomic E-state index is 12.7. The Kier molecular flexibility index (Phi) is 5.77. The molecule has 128 valence electrons. The summed E-state index contributed by atoms with van der Waals surface area (Å²) in [7, 11) is 0. The van der Waals surface area contributed by atoms with Gasteiger partial charge in [-0.3, -0.25) is 9.59 Å². The lowest BCUT2D eigenvalue weighted by atomic mass is 10.0. The molecule has 1 N–H and O–H groups in total. The van der Waals surface area contributed by atoms with Gasteiger partial charge >= 0.3 is 0 Å². The van der Waals surface area contributed by atoms with E-state index in [0.29, 0.717) is 22.4 Å². The second-order valence-corrected chi connectivity index (χ2v) is 6.51. The van der Waals surface area contributed by atoms with Crippen LogP contribution in [0.4, 0.5) is 5.69 Å². The number of carbonyl (C=O) groups excluding carboxylic acids is 2. The summed E-state index contributed by atoms with van der Waals surface area (Å²) in [6, 6.07) is 23.5. The molecule has 0 fully saturated rings.